The van der Waals surface area contributed by atoms with Crippen LogP contribution in [0.15, 0.2) is 133 Å². The third kappa shape index (κ3) is 3.44. The Bertz CT molecular complexity index is 1200. The zero-order valence-corrected chi connectivity index (χ0v) is 16.7. The summed E-state index contributed by atoms with van der Waals surface area (Å²) < 4.78 is 0. The number of hydrogen-bond acceptors (Lipinski definition) is 0. The second-order valence-corrected chi connectivity index (χ2v) is 7.37. The standard InChI is InChI=1S/C30H22/c1-4-13-23(14-5-1)26-19-10-11-20-29(26)30-27(24-15-6-2-7-16-24)21-12-22-28(30)25-17-8-3-9-18-25/h1-22H. The van der Waals surface area contributed by atoms with Gasteiger partial charge < -0.3 is 0 Å². The Labute approximate surface area is 178 Å². The molecule has 0 saturated heterocycles. The highest BCUT2D eigenvalue weighted by Crippen LogP contribution is 2.43. The number of rotatable bonds is 4. The van der Waals surface area contributed by atoms with Crippen LogP contribution in [0.1, 0.15) is 0 Å². The molecule has 0 unspecified atom stereocenters. The van der Waals surface area contributed by atoms with Gasteiger partial charge in [-0.1, -0.05) is 133 Å². The Kier molecular flexibility index (Phi) is 4.98. The molecule has 0 heteroatoms. The summed E-state index contributed by atoms with van der Waals surface area (Å²) in [4.78, 5) is 0. The fourth-order valence-electron chi connectivity index (χ4n) is 4.13. The molecular weight excluding hydrogens is 360 g/mol. The predicted octanol–water partition coefficient (Wildman–Crippen LogP) is 8.35. The molecule has 0 spiro atoms. The van der Waals surface area contributed by atoms with Crippen molar-refractivity contribution in [3.63, 3.8) is 0 Å². The van der Waals surface area contributed by atoms with E-state index in [4.69, 9.17) is 0 Å². The SMILES string of the molecule is c1ccc(-c2ccccc2-c2c(-c3ccccc3)cccc2-c2ccccc2)cc1. The van der Waals surface area contributed by atoms with Crippen LogP contribution in [0.5, 0.6) is 0 Å². The first-order valence-corrected chi connectivity index (χ1v) is 10.3. The van der Waals surface area contributed by atoms with E-state index in [1.807, 2.05) is 0 Å². The Hall–Kier alpha value is -3.90. The second kappa shape index (κ2) is 8.23. The summed E-state index contributed by atoms with van der Waals surface area (Å²) in [5.41, 5.74) is 9.96. The third-order valence-electron chi connectivity index (χ3n) is 5.52. The van der Waals surface area contributed by atoms with Crippen LogP contribution in [0.2, 0.25) is 0 Å². The summed E-state index contributed by atoms with van der Waals surface area (Å²) in [6.45, 7) is 0. The van der Waals surface area contributed by atoms with Crippen molar-refractivity contribution in [2.75, 3.05) is 0 Å². The van der Waals surface area contributed by atoms with Crippen molar-refractivity contribution < 1.29 is 0 Å². The highest BCUT2D eigenvalue weighted by atomic mass is 14.2. The molecule has 5 rings (SSSR count). The molecule has 0 nitrogen and oxygen atoms in total. The van der Waals surface area contributed by atoms with Crippen molar-refractivity contribution in [1.82, 2.24) is 0 Å². The summed E-state index contributed by atoms with van der Waals surface area (Å²) in [7, 11) is 0. The van der Waals surface area contributed by atoms with Crippen LogP contribution in [0.25, 0.3) is 44.5 Å². The zero-order valence-electron chi connectivity index (χ0n) is 16.7. The molecule has 0 heterocycles. The van der Waals surface area contributed by atoms with Gasteiger partial charge in [0.25, 0.3) is 0 Å². The average Bonchev–Trinajstić information content (AvgIpc) is 2.85. The minimum absolute atomic E-state index is 1.23. The maximum absolute atomic E-state index is 2.25. The maximum Gasteiger partial charge on any atom is -0.00206 e. The van der Waals surface area contributed by atoms with Crippen molar-refractivity contribution in [1.29, 1.82) is 0 Å². The smallest absolute Gasteiger partial charge is 0.00206 e. The molecule has 0 fully saturated rings. The molecule has 0 aliphatic heterocycles. The number of benzene rings is 5. The van der Waals surface area contributed by atoms with Crippen molar-refractivity contribution in [3.8, 4) is 44.5 Å². The van der Waals surface area contributed by atoms with Crippen molar-refractivity contribution in [2.45, 2.75) is 0 Å². The van der Waals surface area contributed by atoms with Crippen LogP contribution in [0.4, 0.5) is 0 Å². The normalized spacial score (nSPS) is 10.7. The summed E-state index contributed by atoms with van der Waals surface area (Å²) in [5, 5.41) is 0. The fraction of sp³-hybridized carbons (Fsp3) is 0. The van der Waals surface area contributed by atoms with E-state index in [1.54, 1.807) is 0 Å². The van der Waals surface area contributed by atoms with Crippen molar-refractivity contribution >= 4 is 0 Å². The van der Waals surface area contributed by atoms with Crippen LogP contribution in [0, 0.1) is 0 Å². The van der Waals surface area contributed by atoms with Gasteiger partial charge >= 0.3 is 0 Å². The van der Waals surface area contributed by atoms with E-state index >= 15 is 0 Å². The zero-order chi connectivity index (χ0) is 20.2. The average molecular weight is 383 g/mol. The van der Waals surface area contributed by atoms with E-state index < -0.39 is 0 Å². The monoisotopic (exact) mass is 382 g/mol. The van der Waals surface area contributed by atoms with Gasteiger partial charge in [-0.05, 0) is 44.5 Å². The molecule has 0 bridgehead atoms. The number of hydrogen-bond donors (Lipinski definition) is 0. The summed E-state index contributed by atoms with van der Waals surface area (Å²) in [6.07, 6.45) is 0. The lowest BCUT2D eigenvalue weighted by atomic mass is 9.84. The highest BCUT2D eigenvalue weighted by molar-refractivity contribution is 5.99. The topological polar surface area (TPSA) is 0 Å². The summed E-state index contributed by atoms with van der Waals surface area (Å²) in [6, 6.07) is 47.4. The second-order valence-electron chi connectivity index (χ2n) is 7.37. The van der Waals surface area contributed by atoms with Gasteiger partial charge in [0, 0.05) is 0 Å². The van der Waals surface area contributed by atoms with Crippen LogP contribution in [-0.2, 0) is 0 Å². The first-order chi connectivity index (χ1) is 14.9. The molecule has 0 aliphatic rings. The molecule has 5 aromatic carbocycles. The fourth-order valence-corrected chi connectivity index (χ4v) is 4.13. The minimum atomic E-state index is 1.23. The summed E-state index contributed by atoms with van der Waals surface area (Å²) in [5.74, 6) is 0. The first-order valence-electron chi connectivity index (χ1n) is 10.3. The summed E-state index contributed by atoms with van der Waals surface area (Å²) >= 11 is 0. The van der Waals surface area contributed by atoms with E-state index in [2.05, 4.69) is 133 Å². The van der Waals surface area contributed by atoms with Gasteiger partial charge in [0.05, 0.1) is 0 Å². The Morgan fingerprint density at radius 2 is 0.567 bits per heavy atom. The van der Waals surface area contributed by atoms with E-state index in [1.165, 1.54) is 44.5 Å². The van der Waals surface area contributed by atoms with E-state index in [0.29, 0.717) is 0 Å². The molecule has 0 atom stereocenters. The largest absolute Gasteiger partial charge is 0.0622 e. The Balaban J connectivity index is 1.84. The van der Waals surface area contributed by atoms with Gasteiger partial charge in [-0.2, -0.15) is 0 Å². The van der Waals surface area contributed by atoms with Crippen molar-refractivity contribution in [2.24, 2.45) is 0 Å². The molecule has 5 aromatic rings. The molecule has 0 N–H and O–H groups in total. The van der Waals surface area contributed by atoms with Crippen LogP contribution in [-0.4, -0.2) is 0 Å². The Morgan fingerprint density at radius 3 is 1.03 bits per heavy atom. The van der Waals surface area contributed by atoms with E-state index in [9.17, 15) is 0 Å². The molecule has 0 radical (unpaired) electrons. The first kappa shape index (κ1) is 18.1. The predicted molar refractivity (Wildman–Crippen MR) is 128 cm³/mol. The Morgan fingerprint density at radius 1 is 0.233 bits per heavy atom. The van der Waals surface area contributed by atoms with Crippen LogP contribution in [0.3, 0.4) is 0 Å². The quantitative estimate of drug-likeness (QED) is 0.293. The van der Waals surface area contributed by atoms with Crippen LogP contribution < -0.4 is 0 Å². The van der Waals surface area contributed by atoms with Gasteiger partial charge in [-0.25, -0.2) is 0 Å². The highest BCUT2D eigenvalue weighted by Gasteiger charge is 2.17. The molecule has 30 heavy (non-hydrogen) atoms. The lowest BCUT2D eigenvalue weighted by molar-refractivity contribution is 1.54. The molecular formula is C30H22. The lowest BCUT2D eigenvalue weighted by Crippen LogP contribution is -1.93. The molecule has 0 amide bonds. The van der Waals surface area contributed by atoms with Gasteiger partial charge in [-0.15, -0.1) is 0 Å². The maximum atomic E-state index is 2.25. The molecule has 142 valence electrons. The molecule has 0 saturated carbocycles. The van der Waals surface area contributed by atoms with Gasteiger partial charge in [0.15, 0.2) is 0 Å². The van der Waals surface area contributed by atoms with E-state index in [-0.39, 0.29) is 0 Å². The van der Waals surface area contributed by atoms with Gasteiger partial charge in [0.2, 0.25) is 0 Å². The van der Waals surface area contributed by atoms with Crippen molar-refractivity contribution in [3.05, 3.63) is 133 Å². The lowest BCUT2D eigenvalue weighted by Gasteiger charge is -2.19. The third-order valence-corrected chi connectivity index (χ3v) is 5.52. The van der Waals surface area contributed by atoms with E-state index in [0.717, 1.165) is 0 Å². The molecule has 0 aromatic heterocycles. The van der Waals surface area contributed by atoms with Gasteiger partial charge in [-0.3, -0.25) is 0 Å². The van der Waals surface area contributed by atoms with Gasteiger partial charge in [0.1, 0.15) is 0 Å². The molecule has 0 aliphatic carbocycles. The minimum Gasteiger partial charge on any atom is -0.0622 e. The van der Waals surface area contributed by atoms with Crippen LogP contribution >= 0.6 is 0 Å².